The van der Waals surface area contributed by atoms with Gasteiger partial charge in [-0.1, -0.05) is 36.8 Å². The number of hydrogen-bond donors (Lipinski definition) is 2. The van der Waals surface area contributed by atoms with Crippen molar-refractivity contribution >= 4 is 0 Å². The fourth-order valence-corrected chi connectivity index (χ4v) is 2.05. The Morgan fingerprint density at radius 2 is 1.89 bits per heavy atom. The Balaban J connectivity index is 1.99. The number of aromatic nitrogens is 1. The smallest absolute Gasteiger partial charge is 0.133 e. The van der Waals surface area contributed by atoms with E-state index >= 15 is 0 Å². The van der Waals surface area contributed by atoms with Crippen LogP contribution in [-0.2, 0) is 6.54 Å². The van der Waals surface area contributed by atoms with Crippen LogP contribution in [0.4, 0.5) is 0 Å². The van der Waals surface area contributed by atoms with Gasteiger partial charge < -0.3 is 10.4 Å². The fourth-order valence-electron chi connectivity index (χ4n) is 2.05. The molecule has 0 fully saturated rings. The summed E-state index contributed by atoms with van der Waals surface area (Å²) in [6.45, 7) is 4.97. The third kappa shape index (κ3) is 3.80. The van der Waals surface area contributed by atoms with Crippen LogP contribution in [0.1, 0.15) is 36.2 Å². The van der Waals surface area contributed by atoms with E-state index in [0.29, 0.717) is 12.6 Å². The zero-order valence-corrected chi connectivity index (χ0v) is 11.4. The summed E-state index contributed by atoms with van der Waals surface area (Å²) in [5, 5.41) is 12.7. The van der Waals surface area contributed by atoms with Crippen LogP contribution < -0.4 is 5.32 Å². The topological polar surface area (TPSA) is 45.1 Å². The number of aromatic hydroxyl groups is 1. The quantitative estimate of drug-likeness (QED) is 0.862. The molecule has 0 spiro atoms. The maximum Gasteiger partial charge on any atom is 0.133 e. The van der Waals surface area contributed by atoms with Crippen molar-refractivity contribution in [3.05, 3.63) is 59.4 Å². The maximum atomic E-state index is 9.20. The normalized spacial score (nSPS) is 12.3. The number of rotatable bonds is 5. The first-order chi connectivity index (χ1) is 9.19. The Kier molecular flexibility index (Phi) is 4.53. The standard InChI is InChI=1S/C16H20N2O/c1-3-16(13-6-4-12(2)5-7-13)18-10-14-8-9-15(19)11-17-14/h4-9,11,16,18-19H,3,10H2,1-2H3. The summed E-state index contributed by atoms with van der Waals surface area (Å²) in [5.74, 6) is 0.203. The van der Waals surface area contributed by atoms with E-state index in [1.165, 1.54) is 17.3 Å². The van der Waals surface area contributed by atoms with Crippen molar-refractivity contribution in [1.29, 1.82) is 0 Å². The number of nitrogens with one attached hydrogen (secondary N) is 1. The van der Waals surface area contributed by atoms with Crippen LogP contribution in [-0.4, -0.2) is 10.1 Å². The molecule has 0 amide bonds. The van der Waals surface area contributed by atoms with Crippen LogP contribution >= 0.6 is 0 Å². The van der Waals surface area contributed by atoms with E-state index in [9.17, 15) is 5.11 Å². The van der Waals surface area contributed by atoms with Gasteiger partial charge in [0.05, 0.1) is 11.9 Å². The van der Waals surface area contributed by atoms with Crippen molar-refractivity contribution in [2.75, 3.05) is 0 Å². The van der Waals surface area contributed by atoms with Gasteiger partial charge in [0.1, 0.15) is 5.75 Å². The van der Waals surface area contributed by atoms with Crippen molar-refractivity contribution in [3.8, 4) is 5.75 Å². The molecule has 19 heavy (non-hydrogen) atoms. The molecule has 100 valence electrons. The summed E-state index contributed by atoms with van der Waals surface area (Å²) < 4.78 is 0. The number of pyridine rings is 1. The van der Waals surface area contributed by atoms with Gasteiger partial charge in [0.15, 0.2) is 0 Å². The first kappa shape index (κ1) is 13.6. The van der Waals surface area contributed by atoms with Crippen molar-refractivity contribution in [3.63, 3.8) is 0 Å². The summed E-state index contributed by atoms with van der Waals surface area (Å²) in [6.07, 6.45) is 2.50. The van der Waals surface area contributed by atoms with Crippen LogP contribution in [0.2, 0.25) is 0 Å². The van der Waals surface area contributed by atoms with Gasteiger partial charge in [0, 0.05) is 12.6 Å². The van der Waals surface area contributed by atoms with Gasteiger partial charge in [-0.2, -0.15) is 0 Å². The van der Waals surface area contributed by atoms with E-state index < -0.39 is 0 Å². The molecule has 2 aromatic rings. The van der Waals surface area contributed by atoms with E-state index in [4.69, 9.17) is 0 Å². The van der Waals surface area contributed by atoms with Crippen LogP contribution in [0.25, 0.3) is 0 Å². The second-order valence-corrected chi connectivity index (χ2v) is 4.76. The van der Waals surface area contributed by atoms with Gasteiger partial charge in [0.25, 0.3) is 0 Å². The van der Waals surface area contributed by atoms with Gasteiger partial charge in [-0.05, 0) is 31.0 Å². The predicted molar refractivity (Wildman–Crippen MR) is 77.0 cm³/mol. The number of hydrogen-bond acceptors (Lipinski definition) is 3. The highest BCUT2D eigenvalue weighted by Gasteiger charge is 2.08. The van der Waals surface area contributed by atoms with Crippen LogP contribution in [0, 0.1) is 6.92 Å². The average Bonchev–Trinajstić information content (AvgIpc) is 2.43. The molecule has 0 saturated heterocycles. The molecule has 1 aromatic heterocycles. The monoisotopic (exact) mass is 256 g/mol. The molecule has 1 atom stereocenters. The number of benzene rings is 1. The molecule has 0 bridgehead atoms. The SMILES string of the molecule is CCC(NCc1ccc(O)cn1)c1ccc(C)cc1. The fraction of sp³-hybridized carbons (Fsp3) is 0.312. The Morgan fingerprint density at radius 3 is 2.47 bits per heavy atom. The second-order valence-electron chi connectivity index (χ2n) is 4.76. The van der Waals surface area contributed by atoms with Gasteiger partial charge in [-0.3, -0.25) is 4.98 Å². The first-order valence-electron chi connectivity index (χ1n) is 6.63. The lowest BCUT2D eigenvalue weighted by atomic mass is 10.0. The van der Waals surface area contributed by atoms with Crippen molar-refractivity contribution in [1.82, 2.24) is 10.3 Å². The first-order valence-corrected chi connectivity index (χ1v) is 6.63. The summed E-state index contributed by atoms with van der Waals surface area (Å²) in [6, 6.07) is 12.4. The molecule has 2 rings (SSSR count). The van der Waals surface area contributed by atoms with E-state index in [1.807, 2.05) is 6.07 Å². The zero-order valence-electron chi connectivity index (χ0n) is 11.4. The van der Waals surface area contributed by atoms with Crippen molar-refractivity contribution in [2.24, 2.45) is 0 Å². The Bertz CT molecular complexity index is 505. The number of nitrogens with zero attached hydrogens (tertiary/aromatic N) is 1. The minimum absolute atomic E-state index is 0.203. The van der Waals surface area contributed by atoms with Gasteiger partial charge in [-0.25, -0.2) is 0 Å². The van der Waals surface area contributed by atoms with Gasteiger partial charge in [0.2, 0.25) is 0 Å². The summed E-state index contributed by atoms with van der Waals surface area (Å²) in [7, 11) is 0. The maximum absolute atomic E-state index is 9.20. The Morgan fingerprint density at radius 1 is 1.16 bits per heavy atom. The van der Waals surface area contributed by atoms with Crippen LogP contribution in [0.3, 0.4) is 0 Å². The zero-order chi connectivity index (χ0) is 13.7. The molecule has 1 heterocycles. The van der Waals surface area contributed by atoms with E-state index in [0.717, 1.165) is 12.1 Å². The average molecular weight is 256 g/mol. The van der Waals surface area contributed by atoms with E-state index in [-0.39, 0.29) is 5.75 Å². The van der Waals surface area contributed by atoms with Crippen LogP contribution in [0.5, 0.6) is 5.75 Å². The lowest BCUT2D eigenvalue weighted by molar-refractivity contribution is 0.470. The molecule has 0 aliphatic heterocycles. The molecule has 2 N–H and O–H groups in total. The molecule has 0 aliphatic rings. The summed E-state index contributed by atoms with van der Waals surface area (Å²) >= 11 is 0. The van der Waals surface area contributed by atoms with E-state index in [1.54, 1.807) is 6.07 Å². The number of aryl methyl sites for hydroxylation is 1. The lowest BCUT2D eigenvalue weighted by Gasteiger charge is -2.17. The third-order valence-corrected chi connectivity index (χ3v) is 3.23. The molecule has 0 radical (unpaired) electrons. The molecular formula is C16H20N2O. The summed E-state index contributed by atoms with van der Waals surface area (Å²) in [4.78, 5) is 4.18. The minimum Gasteiger partial charge on any atom is -0.506 e. The molecule has 1 aromatic carbocycles. The Labute approximate surface area is 114 Å². The lowest BCUT2D eigenvalue weighted by Crippen LogP contribution is -2.20. The second kappa shape index (κ2) is 6.34. The molecule has 0 aliphatic carbocycles. The van der Waals surface area contributed by atoms with Crippen molar-refractivity contribution < 1.29 is 5.11 Å². The van der Waals surface area contributed by atoms with Gasteiger partial charge in [-0.15, -0.1) is 0 Å². The van der Waals surface area contributed by atoms with E-state index in [2.05, 4.69) is 48.4 Å². The molecule has 3 heteroatoms. The third-order valence-electron chi connectivity index (χ3n) is 3.23. The highest BCUT2D eigenvalue weighted by molar-refractivity contribution is 5.24. The van der Waals surface area contributed by atoms with Gasteiger partial charge >= 0.3 is 0 Å². The molecule has 3 nitrogen and oxygen atoms in total. The largest absolute Gasteiger partial charge is 0.506 e. The molecule has 1 unspecified atom stereocenters. The Hall–Kier alpha value is -1.87. The minimum atomic E-state index is 0.203. The van der Waals surface area contributed by atoms with Crippen LogP contribution in [0.15, 0.2) is 42.6 Å². The highest BCUT2D eigenvalue weighted by atomic mass is 16.3. The van der Waals surface area contributed by atoms with Crippen molar-refractivity contribution in [2.45, 2.75) is 32.9 Å². The summed E-state index contributed by atoms with van der Waals surface area (Å²) in [5.41, 5.74) is 3.51. The molecule has 0 saturated carbocycles. The molecular weight excluding hydrogens is 236 g/mol. The predicted octanol–water partition coefficient (Wildman–Crippen LogP) is 3.34. The highest BCUT2D eigenvalue weighted by Crippen LogP contribution is 2.17.